The van der Waals surface area contributed by atoms with E-state index >= 15 is 4.39 Å². The maximum Gasteiger partial charge on any atom is 0.319 e. The molecule has 4 saturated heterocycles. The Morgan fingerprint density at radius 1 is 1.18 bits per heavy atom. The maximum absolute atomic E-state index is 16.7. The van der Waals surface area contributed by atoms with Gasteiger partial charge in [-0.25, -0.2) is 13.2 Å². The van der Waals surface area contributed by atoms with Crippen LogP contribution in [0.2, 0.25) is 0 Å². The Morgan fingerprint density at radius 3 is 2.91 bits per heavy atom. The second-order valence-corrected chi connectivity index (χ2v) is 12.5. The number of aromatic nitrogens is 3. The molecule has 8 nitrogen and oxygen atoms in total. The molecule has 226 valence electrons. The molecule has 2 aromatic heterocycles. The van der Waals surface area contributed by atoms with Gasteiger partial charge in [0.1, 0.15) is 41.4 Å². The Labute approximate surface area is 251 Å². The van der Waals surface area contributed by atoms with E-state index in [1.54, 1.807) is 0 Å². The second-order valence-electron chi connectivity index (χ2n) is 12.5. The van der Waals surface area contributed by atoms with Gasteiger partial charge in [0, 0.05) is 49.1 Å². The van der Waals surface area contributed by atoms with Crippen LogP contribution in [-0.2, 0) is 4.74 Å². The number of alkyl halides is 1. The largest absolute Gasteiger partial charge is 0.508 e. The third-order valence-electron chi connectivity index (χ3n) is 9.69. The molecule has 44 heavy (non-hydrogen) atoms. The lowest BCUT2D eigenvalue weighted by Gasteiger charge is -2.33. The van der Waals surface area contributed by atoms with Crippen LogP contribution in [0.4, 0.5) is 19.0 Å². The SMILES string of the molecule is C#Cc1c(F)ccc2cc(O)cc(-c3ncc4c(N5CC6COC(C6)C5)nc(OC[C@@]56CCCN5C[C@H](F)C6)nc4c3F)c12. The van der Waals surface area contributed by atoms with Crippen molar-refractivity contribution in [3.8, 4) is 35.4 Å². The van der Waals surface area contributed by atoms with Crippen LogP contribution in [0.15, 0.2) is 30.5 Å². The Morgan fingerprint density at radius 2 is 2.07 bits per heavy atom. The van der Waals surface area contributed by atoms with Gasteiger partial charge in [0.25, 0.3) is 0 Å². The molecule has 2 unspecified atom stereocenters. The summed E-state index contributed by atoms with van der Waals surface area (Å²) in [5.74, 6) is 1.59. The second kappa shape index (κ2) is 10.2. The van der Waals surface area contributed by atoms with Gasteiger partial charge in [0.15, 0.2) is 5.82 Å². The summed E-state index contributed by atoms with van der Waals surface area (Å²) in [5, 5.41) is 11.6. The highest BCUT2D eigenvalue weighted by Crippen LogP contribution is 2.42. The van der Waals surface area contributed by atoms with Crippen molar-refractivity contribution in [1.29, 1.82) is 0 Å². The number of nitrogens with zero attached hydrogens (tertiary/aromatic N) is 5. The molecule has 1 N–H and O–H groups in total. The average Bonchev–Trinajstić information content (AvgIpc) is 3.66. The van der Waals surface area contributed by atoms with E-state index in [0.29, 0.717) is 55.2 Å². The normalized spacial score (nSPS) is 26.4. The van der Waals surface area contributed by atoms with E-state index in [-0.39, 0.29) is 52.2 Å². The highest BCUT2D eigenvalue weighted by molar-refractivity contribution is 6.03. The molecule has 0 saturated carbocycles. The number of hydrogen-bond acceptors (Lipinski definition) is 8. The Bertz CT molecular complexity index is 1850. The van der Waals surface area contributed by atoms with Crippen LogP contribution in [-0.4, -0.2) is 82.2 Å². The van der Waals surface area contributed by atoms with Crippen LogP contribution in [0.3, 0.4) is 0 Å². The fourth-order valence-electron chi connectivity index (χ4n) is 7.75. The van der Waals surface area contributed by atoms with E-state index in [9.17, 15) is 13.9 Å². The predicted molar refractivity (Wildman–Crippen MR) is 158 cm³/mol. The zero-order chi connectivity index (χ0) is 30.2. The Kier molecular flexibility index (Phi) is 6.36. The summed E-state index contributed by atoms with van der Waals surface area (Å²) in [5.41, 5.74) is -0.527. The van der Waals surface area contributed by atoms with E-state index in [2.05, 4.69) is 25.7 Å². The summed E-state index contributed by atoms with van der Waals surface area (Å²) in [6, 6.07) is 5.43. The fraction of sp³-hybridized carbons (Fsp3) is 0.424. The molecular weight excluding hydrogens is 571 g/mol. The van der Waals surface area contributed by atoms with Crippen molar-refractivity contribution in [2.45, 2.75) is 43.5 Å². The first-order valence-electron chi connectivity index (χ1n) is 15.0. The standard InChI is InChI=1S/C33H30F3N5O3/c1-2-23-26(35)5-4-19-9-21(42)10-24(27(19)23)29-28(36)30-25(12-37-29)31(40-13-18-8-22(15-40)43-16-18)39-32(38-30)44-17-33-6-3-7-41(33)14-20(34)11-33/h1,4-5,9-10,12,18,20,22,42H,3,6-8,11,13-17H2/t18?,20-,22?,33+/m1/s1. The van der Waals surface area contributed by atoms with Crippen molar-refractivity contribution in [3.05, 3.63) is 47.7 Å². The molecule has 6 heterocycles. The topological polar surface area (TPSA) is 83.8 Å². The maximum atomic E-state index is 16.7. The number of aromatic hydroxyl groups is 1. The van der Waals surface area contributed by atoms with Gasteiger partial charge in [0.05, 0.1) is 29.2 Å². The van der Waals surface area contributed by atoms with Crippen LogP contribution in [0, 0.1) is 29.9 Å². The van der Waals surface area contributed by atoms with Crippen molar-refractivity contribution in [2.75, 3.05) is 44.3 Å². The summed E-state index contributed by atoms with van der Waals surface area (Å²) in [6.07, 6.45) is 9.38. The number of phenolic OH excluding ortho intramolecular Hbond substituents is 1. The van der Waals surface area contributed by atoms with Gasteiger partial charge in [-0.2, -0.15) is 9.97 Å². The number of halogens is 3. The van der Waals surface area contributed by atoms with Crippen LogP contribution in [0.5, 0.6) is 11.8 Å². The number of terminal acetylenes is 1. The van der Waals surface area contributed by atoms with Gasteiger partial charge in [-0.3, -0.25) is 9.88 Å². The molecule has 4 fully saturated rings. The number of piperidine rings is 1. The lowest BCUT2D eigenvalue weighted by Crippen LogP contribution is -2.43. The summed E-state index contributed by atoms with van der Waals surface area (Å²) in [7, 11) is 0. The van der Waals surface area contributed by atoms with Gasteiger partial charge in [-0.1, -0.05) is 12.0 Å². The lowest BCUT2D eigenvalue weighted by molar-refractivity contribution is 0.107. The molecule has 0 spiro atoms. The number of rotatable bonds is 5. The van der Waals surface area contributed by atoms with Crippen LogP contribution in [0.1, 0.15) is 31.2 Å². The molecule has 2 bridgehead atoms. The predicted octanol–water partition coefficient (Wildman–Crippen LogP) is 4.99. The van der Waals surface area contributed by atoms with E-state index in [4.69, 9.17) is 20.9 Å². The quantitative estimate of drug-likeness (QED) is 0.321. The van der Waals surface area contributed by atoms with Gasteiger partial charge < -0.3 is 19.5 Å². The van der Waals surface area contributed by atoms with Gasteiger partial charge in [-0.15, -0.1) is 6.42 Å². The van der Waals surface area contributed by atoms with Gasteiger partial charge >= 0.3 is 6.01 Å². The lowest BCUT2D eigenvalue weighted by atomic mass is 9.95. The molecule has 4 atom stereocenters. The summed E-state index contributed by atoms with van der Waals surface area (Å²) in [6.45, 7) is 3.29. The highest BCUT2D eigenvalue weighted by atomic mass is 19.1. The number of pyridine rings is 1. The molecule has 8 rings (SSSR count). The smallest absolute Gasteiger partial charge is 0.319 e. The third-order valence-corrected chi connectivity index (χ3v) is 9.69. The monoisotopic (exact) mass is 601 g/mol. The minimum atomic E-state index is -0.920. The molecule has 0 radical (unpaired) electrons. The molecule has 4 aromatic rings. The van der Waals surface area contributed by atoms with Crippen molar-refractivity contribution in [3.63, 3.8) is 0 Å². The van der Waals surface area contributed by atoms with Crippen molar-refractivity contribution >= 4 is 27.5 Å². The summed E-state index contributed by atoms with van der Waals surface area (Å²) in [4.78, 5) is 18.0. The number of hydrogen-bond donors (Lipinski definition) is 1. The van der Waals surface area contributed by atoms with E-state index in [1.807, 2.05) is 0 Å². The van der Waals surface area contributed by atoms with Crippen molar-refractivity contribution in [2.24, 2.45) is 5.92 Å². The minimum Gasteiger partial charge on any atom is -0.508 e. The number of ether oxygens (including phenoxy) is 2. The van der Waals surface area contributed by atoms with Crippen molar-refractivity contribution in [1.82, 2.24) is 19.9 Å². The van der Waals surface area contributed by atoms with E-state index in [0.717, 1.165) is 25.8 Å². The molecule has 0 aliphatic carbocycles. The molecular formula is C33H30F3N5O3. The number of phenols is 1. The molecule has 11 heteroatoms. The summed E-state index contributed by atoms with van der Waals surface area (Å²) >= 11 is 0. The van der Waals surface area contributed by atoms with E-state index in [1.165, 1.54) is 30.5 Å². The van der Waals surface area contributed by atoms with Crippen molar-refractivity contribution < 1.29 is 27.8 Å². The first kappa shape index (κ1) is 27.4. The number of benzene rings is 2. The number of fused-ring (bicyclic) bond motifs is 5. The summed E-state index contributed by atoms with van der Waals surface area (Å²) < 4.78 is 58.0. The Balaban J connectivity index is 1.28. The molecule has 4 aliphatic heterocycles. The minimum absolute atomic E-state index is 0.0120. The zero-order valence-corrected chi connectivity index (χ0v) is 23.9. The van der Waals surface area contributed by atoms with Gasteiger partial charge in [-0.05, 0) is 49.4 Å². The van der Waals surface area contributed by atoms with E-state index < -0.39 is 23.3 Å². The average molecular weight is 602 g/mol. The van der Waals surface area contributed by atoms with Crippen LogP contribution in [0.25, 0.3) is 32.9 Å². The Hall–Kier alpha value is -4.14. The highest BCUT2D eigenvalue weighted by Gasteiger charge is 2.49. The van der Waals surface area contributed by atoms with Gasteiger partial charge in [0.2, 0.25) is 0 Å². The fourth-order valence-corrected chi connectivity index (χ4v) is 7.75. The molecule has 4 aliphatic rings. The van der Waals surface area contributed by atoms with Crippen LogP contribution < -0.4 is 9.64 Å². The molecule has 2 aromatic carbocycles. The first-order chi connectivity index (χ1) is 21.3. The third kappa shape index (κ3) is 4.34. The number of anilines is 1. The van der Waals surface area contributed by atoms with Crippen LogP contribution >= 0.6 is 0 Å². The zero-order valence-electron chi connectivity index (χ0n) is 23.9. The molecule has 0 amide bonds. The first-order valence-corrected chi connectivity index (χ1v) is 15.0.